The molecular weight excluding hydrogens is 312 g/mol. The quantitative estimate of drug-likeness (QED) is 0.773. The minimum Gasteiger partial charge on any atom is -0.307 e. The lowest BCUT2D eigenvalue weighted by atomic mass is 10.2. The first-order valence-electron chi connectivity index (χ1n) is 7.01. The summed E-state index contributed by atoms with van der Waals surface area (Å²) < 4.78 is 28.9. The largest absolute Gasteiger partial charge is 0.307 e. The van der Waals surface area contributed by atoms with Crippen LogP contribution >= 0.6 is 0 Å². The third-order valence-electron chi connectivity index (χ3n) is 3.36. The van der Waals surface area contributed by atoms with Gasteiger partial charge in [0.1, 0.15) is 5.65 Å². The highest BCUT2D eigenvalue weighted by atomic mass is 32.2. The molecule has 3 aromatic rings. The van der Waals surface area contributed by atoms with Gasteiger partial charge in [-0.15, -0.1) is 0 Å². The van der Waals surface area contributed by atoms with Crippen molar-refractivity contribution in [1.82, 2.24) is 14.1 Å². The van der Waals surface area contributed by atoms with Crippen LogP contribution in [0.25, 0.3) is 5.65 Å². The van der Waals surface area contributed by atoms with Crippen molar-refractivity contribution < 1.29 is 8.42 Å². The van der Waals surface area contributed by atoms with Gasteiger partial charge in [0.2, 0.25) is 10.0 Å². The van der Waals surface area contributed by atoms with E-state index in [9.17, 15) is 8.42 Å². The summed E-state index contributed by atoms with van der Waals surface area (Å²) in [6.07, 6.45) is 4.25. The minimum absolute atomic E-state index is 0.0894. The number of aromatic nitrogens is 2. The van der Waals surface area contributed by atoms with Crippen molar-refractivity contribution in [2.45, 2.75) is 11.3 Å². The van der Waals surface area contributed by atoms with Crippen molar-refractivity contribution in [3.63, 3.8) is 0 Å². The average Bonchev–Trinajstić information content (AvgIpc) is 2.97. The van der Waals surface area contributed by atoms with E-state index in [0.29, 0.717) is 12.0 Å². The van der Waals surface area contributed by atoms with Gasteiger partial charge in [-0.1, -0.05) is 12.1 Å². The molecule has 2 aromatic heterocycles. The van der Waals surface area contributed by atoms with Gasteiger partial charge in [0, 0.05) is 25.4 Å². The van der Waals surface area contributed by atoms with Gasteiger partial charge in [-0.05, 0) is 30.3 Å². The topological polar surface area (TPSA) is 87.3 Å². The first-order chi connectivity index (χ1) is 11.1. The van der Waals surface area contributed by atoms with Crippen molar-refractivity contribution in [1.29, 1.82) is 5.26 Å². The molecule has 0 saturated carbocycles. The molecule has 0 bridgehead atoms. The van der Waals surface area contributed by atoms with E-state index < -0.39 is 10.0 Å². The summed E-state index contributed by atoms with van der Waals surface area (Å²) in [6, 6.07) is 13.6. The Hall–Kier alpha value is -2.69. The van der Waals surface area contributed by atoms with Gasteiger partial charge < -0.3 is 4.40 Å². The van der Waals surface area contributed by atoms with E-state index in [2.05, 4.69) is 9.71 Å². The Morgan fingerprint density at radius 3 is 2.87 bits per heavy atom. The molecule has 0 unspecified atom stereocenters. The second-order valence-electron chi connectivity index (χ2n) is 4.99. The van der Waals surface area contributed by atoms with Crippen molar-refractivity contribution in [2.75, 3.05) is 6.54 Å². The van der Waals surface area contributed by atoms with Crippen molar-refractivity contribution >= 4 is 15.7 Å². The Bertz CT molecular complexity index is 953. The maximum Gasteiger partial charge on any atom is 0.240 e. The number of hydrogen-bond donors (Lipinski definition) is 1. The van der Waals surface area contributed by atoms with Crippen LogP contribution in [0.15, 0.2) is 59.8 Å². The van der Waals surface area contributed by atoms with E-state index in [1.165, 1.54) is 12.1 Å². The standard InChI is InChI=1S/C16H14N4O2S/c17-11-13-4-3-5-15(10-13)23(21,22)18-8-7-14-12-20-9-2-1-6-16(20)19-14/h1-6,9-10,12,18H,7-8H2. The summed E-state index contributed by atoms with van der Waals surface area (Å²) in [6.45, 7) is 0.239. The molecule has 0 aliphatic heterocycles. The van der Waals surface area contributed by atoms with E-state index >= 15 is 0 Å². The zero-order valence-corrected chi connectivity index (χ0v) is 13.0. The van der Waals surface area contributed by atoms with E-state index in [1.807, 2.05) is 41.1 Å². The molecule has 0 aliphatic carbocycles. The first-order valence-corrected chi connectivity index (χ1v) is 8.49. The predicted octanol–water partition coefficient (Wildman–Crippen LogP) is 1.73. The van der Waals surface area contributed by atoms with Gasteiger partial charge >= 0.3 is 0 Å². The Balaban J connectivity index is 1.68. The third kappa shape index (κ3) is 3.39. The summed E-state index contributed by atoms with van der Waals surface area (Å²) in [5, 5.41) is 8.85. The summed E-state index contributed by atoms with van der Waals surface area (Å²) in [5.74, 6) is 0. The van der Waals surface area contributed by atoms with Crippen molar-refractivity contribution in [2.24, 2.45) is 0 Å². The number of sulfonamides is 1. The monoisotopic (exact) mass is 326 g/mol. The Morgan fingerprint density at radius 1 is 1.22 bits per heavy atom. The average molecular weight is 326 g/mol. The number of hydrogen-bond acceptors (Lipinski definition) is 4. The molecule has 0 saturated heterocycles. The number of imidazole rings is 1. The van der Waals surface area contributed by atoms with Gasteiger partial charge in [0.15, 0.2) is 0 Å². The molecule has 1 N–H and O–H groups in total. The summed E-state index contributed by atoms with van der Waals surface area (Å²) in [4.78, 5) is 4.51. The fraction of sp³-hybridized carbons (Fsp3) is 0.125. The molecular formula is C16H14N4O2S. The van der Waals surface area contributed by atoms with Crippen LogP contribution in [-0.2, 0) is 16.4 Å². The number of nitrogens with one attached hydrogen (secondary N) is 1. The van der Waals surface area contributed by atoms with Crippen LogP contribution in [0, 0.1) is 11.3 Å². The van der Waals surface area contributed by atoms with Crippen LogP contribution in [0.2, 0.25) is 0 Å². The fourth-order valence-corrected chi connectivity index (χ4v) is 3.31. The van der Waals surface area contributed by atoms with E-state index in [4.69, 9.17) is 5.26 Å². The molecule has 1 aromatic carbocycles. The zero-order valence-electron chi connectivity index (χ0n) is 12.2. The van der Waals surface area contributed by atoms with Crippen LogP contribution in [0.5, 0.6) is 0 Å². The molecule has 3 rings (SSSR count). The fourth-order valence-electron chi connectivity index (χ4n) is 2.24. The second kappa shape index (κ2) is 6.20. The molecule has 0 aliphatic rings. The Kier molecular flexibility index (Phi) is 4.10. The minimum atomic E-state index is -3.63. The lowest BCUT2D eigenvalue weighted by Gasteiger charge is -2.06. The van der Waals surface area contributed by atoms with Gasteiger partial charge in [0.05, 0.1) is 22.2 Å². The lowest BCUT2D eigenvalue weighted by Crippen LogP contribution is -2.26. The van der Waals surface area contributed by atoms with Crippen molar-refractivity contribution in [3.8, 4) is 6.07 Å². The third-order valence-corrected chi connectivity index (χ3v) is 4.82. The molecule has 6 nitrogen and oxygen atoms in total. The molecule has 0 amide bonds. The number of nitriles is 1. The molecule has 0 fully saturated rings. The summed E-state index contributed by atoms with van der Waals surface area (Å²) in [7, 11) is -3.63. The van der Waals surface area contributed by atoms with Gasteiger partial charge in [-0.25, -0.2) is 18.1 Å². The highest BCUT2D eigenvalue weighted by molar-refractivity contribution is 7.89. The molecule has 116 valence electrons. The predicted molar refractivity (Wildman–Crippen MR) is 85.2 cm³/mol. The smallest absolute Gasteiger partial charge is 0.240 e. The lowest BCUT2D eigenvalue weighted by molar-refractivity contribution is 0.581. The molecule has 0 radical (unpaired) electrons. The van der Waals surface area contributed by atoms with Gasteiger partial charge in [-0.3, -0.25) is 0 Å². The SMILES string of the molecule is N#Cc1cccc(S(=O)(=O)NCCc2cn3ccccc3n2)c1. The maximum absolute atomic E-state index is 12.2. The highest BCUT2D eigenvalue weighted by Crippen LogP contribution is 2.11. The number of benzene rings is 1. The molecule has 23 heavy (non-hydrogen) atoms. The molecule has 0 spiro atoms. The van der Waals surface area contributed by atoms with Crippen LogP contribution in [0.4, 0.5) is 0 Å². The van der Waals surface area contributed by atoms with Crippen LogP contribution in [0.3, 0.4) is 0 Å². The molecule has 2 heterocycles. The van der Waals surface area contributed by atoms with Gasteiger partial charge in [-0.2, -0.15) is 5.26 Å². The number of nitrogens with zero attached hydrogens (tertiary/aromatic N) is 3. The van der Waals surface area contributed by atoms with Crippen LogP contribution < -0.4 is 4.72 Å². The Morgan fingerprint density at radius 2 is 2.09 bits per heavy atom. The van der Waals surface area contributed by atoms with Crippen molar-refractivity contribution in [3.05, 3.63) is 66.1 Å². The first kappa shape index (κ1) is 15.2. The summed E-state index contributed by atoms with van der Waals surface area (Å²) in [5.41, 5.74) is 1.95. The second-order valence-corrected chi connectivity index (χ2v) is 6.75. The number of rotatable bonds is 5. The maximum atomic E-state index is 12.2. The number of pyridine rings is 1. The highest BCUT2D eigenvalue weighted by Gasteiger charge is 2.14. The normalized spacial score (nSPS) is 11.4. The summed E-state index contributed by atoms with van der Waals surface area (Å²) >= 11 is 0. The van der Waals surface area contributed by atoms with Gasteiger partial charge in [0.25, 0.3) is 0 Å². The Labute approximate surface area is 134 Å². The molecule has 0 atom stereocenters. The van der Waals surface area contributed by atoms with E-state index in [0.717, 1.165) is 11.3 Å². The van der Waals surface area contributed by atoms with E-state index in [1.54, 1.807) is 12.1 Å². The van der Waals surface area contributed by atoms with Crippen LogP contribution in [-0.4, -0.2) is 24.3 Å². The van der Waals surface area contributed by atoms with Crippen LogP contribution in [0.1, 0.15) is 11.3 Å². The zero-order chi connectivity index (χ0) is 16.3. The molecule has 7 heteroatoms. The van der Waals surface area contributed by atoms with E-state index in [-0.39, 0.29) is 11.4 Å². The number of fused-ring (bicyclic) bond motifs is 1.